The predicted molar refractivity (Wildman–Crippen MR) is 51.5 cm³/mol. The summed E-state index contributed by atoms with van der Waals surface area (Å²) in [6.07, 6.45) is 7.26. The molecule has 1 aromatic rings. The number of rotatable bonds is 3. The molecule has 0 unspecified atom stereocenters. The van der Waals surface area contributed by atoms with Gasteiger partial charge in [-0.15, -0.1) is 0 Å². The van der Waals surface area contributed by atoms with Gasteiger partial charge in [-0.05, 0) is 18.8 Å². The minimum atomic E-state index is 0.627. The first-order valence-electron chi connectivity index (χ1n) is 4.68. The fourth-order valence-electron chi connectivity index (χ4n) is 1.39. The lowest BCUT2D eigenvalue weighted by Crippen LogP contribution is -2.19. The van der Waals surface area contributed by atoms with Gasteiger partial charge in [-0.3, -0.25) is 4.98 Å². The van der Waals surface area contributed by atoms with Crippen LogP contribution in [0, 0.1) is 5.92 Å². The van der Waals surface area contributed by atoms with Gasteiger partial charge in [0.2, 0.25) is 0 Å². The van der Waals surface area contributed by atoms with Gasteiger partial charge in [0.05, 0.1) is 18.5 Å². The molecule has 70 valence electrons. The lowest BCUT2D eigenvalue weighted by atomic mass is 9.86. The van der Waals surface area contributed by atoms with E-state index in [4.69, 9.17) is 10.5 Å². The normalized spacial score (nSPS) is 16.6. The molecular formula is C10H14N2O. The minimum Gasteiger partial charge on any atom is -0.491 e. The summed E-state index contributed by atoms with van der Waals surface area (Å²) < 4.78 is 5.58. The fourth-order valence-corrected chi connectivity index (χ4v) is 1.39. The zero-order valence-electron chi connectivity index (χ0n) is 7.57. The van der Waals surface area contributed by atoms with Gasteiger partial charge in [-0.2, -0.15) is 0 Å². The number of nitrogens with zero attached hydrogens (tertiary/aromatic N) is 1. The van der Waals surface area contributed by atoms with Crippen molar-refractivity contribution in [3.63, 3.8) is 0 Å². The van der Waals surface area contributed by atoms with Crippen molar-refractivity contribution in [2.75, 3.05) is 12.3 Å². The van der Waals surface area contributed by atoms with Crippen LogP contribution in [0.3, 0.4) is 0 Å². The van der Waals surface area contributed by atoms with Gasteiger partial charge < -0.3 is 10.5 Å². The van der Waals surface area contributed by atoms with E-state index in [0.717, 1.165) is 18.3 Å². The monoisotopic (exact) mass is 178 g/mol. The molecule has 2 rings (SSSR count). The number of ether oxygens (including phenoxy) is 1. The van der Waals surface area contributed by atoms with Gasteiger partial charge in [0, 0.05) is 12.3 Å². The molecule has 0 saturated heterocycles. The van der Waals surface area contributed by atoms with Crippen LogP contribution in [0.25, 0.3) is 0 Å². The number of nitrogens with two attached hydrogens (primary N) is 1. The predicted octanol–water partition coefficient (Wildman–Crippen LogP) is 1.84. The number of aromatic nitrogens is 1. The number of hydrogen-bond donors (Lipinski definition) is 1. The summed E-state index contributed by atoms with van der Waals surface area (Å²) in [4.78, 5) is 3.90. The molecule has 1 heterocycles. The van der Waals surface area contributed by atoms with Gasteiger partial charge in [-0.1, -0.05) is 6.42 Å². The number of pyridine rings is 1. The zero-order chi connectivity index (χ0) is 9.10. The van der Waals surface area contributed by atoms with E-state index in [1.807, 2.05) is 6.07 Å². The Bertz CT molecular complexity index is 284. The Balaban J connectivity index is 1.89. The SMILES string of the molecule is Nc1cnccc1OCC1CCC1. The van der Waals surface area contributed by atoms with E-state index in [0.29, 0.717) is 5.69 Å². The maximum absolute atomic E-state index is 5.68. The average Bonchev–Trinajstić information content (AvgIpc) is 2.05. The summed E-state index contributed by atoms with van der Waals surface area (Å²) >= 11 is 0. The largest absolute Gasteiger partial charge is 0.491 e. The Labute approximate surface area is 77.9 Å². The van der Waals surface area contributed by atoms with Crippen LogP contribution < -0.4 is 10.5 Å². The molecule has 0 spiro atoms. The van der Waals surface area contributed by atoms with Crippen LogP contribution in [0.4, 0.5) is 5.69 Å². The molecule has 0 bridgehead atoms. The van der Waals surface area contributed by atoms with Crippen molar-refractivity contribution in [3.05, 3.63) is 18.5 Å². The topological polar surface area (TPSA) is 48.1 Å². The van der Waals surface area contributed by atoms with Crippen LogP contribution in [-0.4, -0.2) is 11.6 Å². The molecule has 1 aliphatic rings. The van der Waals surface area contributed by atoms with E-state index in [-0.39, 0.29) is 0 Å². The summed E-state index contributed by atoms with van der Waals surface area (Å²) in [5.74, 6) is 1.51. The maximum atomic E-state index is 5.68. The quantitative estimate of drug-likeness (QED) is 0.768. The second kappa shape index (κ2) is 3.64. The van der Waals surface area contributed by atoms with Crippen molar-refractivity contribution in [2.24, 2.45) is 5.92 Å². The van der Waals surface area contributed by atoms with Crippen molar-refractivity contribution in [2.45, 2.75) is 19.3 Å². The highest BCUT2D eigenvalue weighted by atomic mass is 16.5. The molecule has 13 heavy (non-hydrogen) atoms. The van der Waals surface area contributed by atoms with E-state index in [9.17, 15) is 0 Å². The molecule has 1 aliphatic carbocycles. The fraction of sp³-hybridized carbons (Fsp3) is 0.500. The lowest BCUT2D eigenvalue weighted by molar-refractivity contribution is 0.181. The van der Waals surface area contributed by atoms with Crippen molar-refractivity contribution >= 4 is 5.69 Å². The van der Waals surface area contributed by atoms with E-state index in [1.165, 1.54) is 19.3 Å². The van der Waals surface area contributed by atoms with Gasteiger partial charge in [0.15, 0.2) is 0 Å². The Morgan fingerprint density at radius 3 is 3.00 bits per heavy atom. The molecule has 1 aromatic heterocycles. The zero-order valence-corrected chi connectivity index (χ0v) is 7.57. The van der Waals surface area contributed by atoms with Gasteiger partial charge in [0.1, 0.15) is 5.75 Å². The third-order valence-electron chi connectivity index (χ3n) is 2.51. The number of anilines is 1. The molecule has 0 aromatic carbocycles. The maximum Gasteiger partial charge on any atom is 0.145 e. The van der Waals surface area contributed by atoms with Gasteiger partial charge in [0.25, 0.3) is 0 Å². The first-order chi connectivity index (χ1) is 6.36. The van der Waals surface area contributed by atoms with Crippen molar-refractivity contribution in [1.29, 1.82) is 0 Å². The molecule has 0 amide bonds. The molecule has 1 saturated carbocycles. The summed E-state index contributed by atoms with van der Waals surface area (Å²) in [6, 6.07) is 1.81. The van der Waals surface area contributed by atoms with Crippen LogP contribution in [0.15, 0.2) is 18.5 Å². The van der Waals surface area contributed by atoms with Crippen LogP contribution in [0.1, 0.15) is 19.3 Å². The van der Waals surface area contributed by atoms with E-state index >= 15 is 0 Å². The Morgan fingerprint density at radius 2 is 2.38 bits per heavy atom. The van der Waals surface area contributed by atoms with Gasteiger partial charge >= 0.3 is 0 Å². The molecule has 0 aliphatic heterocycles. The summed E-state index contributed by atoms with van der Waals surface area (Å²) in [5.41, 5.74) is 6.31. The minimum absolute atomic E-state index is 0.627. The van der Waals surface area contributed by atoms with Crippen LogP contribution in [0.2, 0.25) is 0 Å². The molecule has 0 atom stereocenters. The van der Waals surface area contributed by atoms with E-state index in [1.54, 1.807) is 12.4 Å². The summed E-state index contributed by atoms with van der Waals surface area (Å²) in [7, 11) is 0. The Kier molecular flexibility index (Phi) is 2.34. The standard InChI is InChI=1S/C10H14N2O/c11-9-6-12-5-4-10(9)13-7-8-2-1-3-8/h4-6,8H,1-3,7,11H2. The van der Waals surface area contributed by atoms with Crippen molar-refractivity contribution < 1.29 is 4.74 Å². The third-order valence-corrected chi connectivity index (χ3v) is 2.51. The third kappa shape index (κ3) is 1.91. The van der Waals surface area contributed by atoms with Crippen LogP contribution >= 0.6 is 0 Å². The van der Waals surface area contributed by atoms with Crippen molar-refractivity contribution in [3.8, 4) is 5.75 Å². The first kappa shape index (κ1) is 8.35. The van der Waals surface area contributed by atoms with E-state index in [2.05, 4.69) is 4.98 Å². The second-order valence-corrected chi connectivity index (χ2v) is 3.52. The first-order valence-corrected chi connectivity index (χ1v) is 4.68. The highest BCUT2D eigenvalue weighted by molar-refractivity contribution is 5.49. The van der Waals surface area contributed by atoms with Crippen molar-refractivity contribution in [1.82, 2.24) is 4.98 Å². The lowest BCUT2D eigenvalue weighted by Gasteiger charge is -2.25. The molecular weight excluding hydrogens is 164 g/mol. The van der Waals surface area contributed by atoms with E-state index < -0.39 is 0 Å². The van der Waals surface area contributed by atoms with Crippen LogP contribution in [-0.2, 0) is 0 Å². The second-order valence-electron chi connectivity index (χ2n) is 3.52. The molecule has 3 nitrogen and oxygen atoms in total. The number of hydrogen-bond acceptors (Lipinski definition) is 3. The number of nitrogen functional groups attached to an aromatic ring is 1. The molecule has 3 heteroatoms. The van der Waals surface area contributed by atoms with Gasteiger partial charge in [-0.25, -0.2) is 0 Å². The Hall–Kier alpha value is -1.25. The molecule has 1 fully saturated rings. The Morgan fingerprint density at radius 1 is 1.54 bits per heavy atom. The van der Waals surface area contributed by atoms with Crippen LogP contribution in [0.5, 0.6) is 5.75 Å². The highest BCUT2D eigenvalue weighted by Crippen LogP contribution is 2.28. The smallest absolute Gasteiger partial charge is 0.145 e. The summed E-state index contributed by atoms with van der Waals surface area (Å²) in [5, 5.41) is 0. The summed E-state index contributed by atoms with van der Waals surface area (Å²) in [6.45, 7) is 0.800. The molecule has 0 radical (unpaired) electrons. The highest BCUT2D eigenvalue weighted by Gasteiger charge is 2.18. The average molecular weight is 178 g/mol. The molecule has 2 N–H and O–H groups in total.